The molecule has 0 radical (unpaired) electrons. The van der Waals surface area contributed by atoms with Gasteiger partial charge in [0.05, 0.1) is 6.10 Å². The SMILES string of the molecule is CO[C@H]1CCN(C)[C@@H]1C(=O)O. The lowest BCUT2D eigenvalue weighted by Crippen LogP contribution is -2.40. The molecule has 0 amide bonds. The highest BCUT2D eigenvalue weighted by Crippen LogP contribution is 2.18. The molecule has 2 atom stereocenters. The van der Waals surface area contributed by atoms with Crippen LogP contribution in [0.25, 0.3) is 0 Å². The van der Waals surface area contributed by atoms with Crippen molar-refractivity contribution in [1.29, 1.82) is 0 Å². The molecular weight excluding hydrogens is 146 g/mol. The molecular formula is C7H13NO3. The number of carboxylic acid groups (broad SMARTS) is 1. The third-order valence-electron chi connectivity index (χ3n) is 2.15. The first-order chi connectivity index (χ1) is 5.16. The van der Waals surface area contributed by atoms with E-state index in [1.165, 1.54) is 0 Å². The molecule has 1 fully saturated rings. The van der Waals surface area contributed by atoms with Crippen molar-refractivity contribution in [1.82, 2.24) is 4.90 Å². The Morgan fingerprint density at radius 1 is 1.73 bits per heavy atom. The Bertz CT molecular complexity index is 160. The van der Waals surface area contributed by atoms with Crippen molar-refractivity contribution in [2.75, 3.05) is 20.7 Å². The molecule has 0 aromatic rings. The predicted molar refractivity (Wildman–Crippen MR) is 39.5 cm³/mol. The number of carbonyl (C=O) groups is 1. The summed E-state index contributed by atoms with van der Waals surface area (Å²) in [6.07, 6.45) is 0.668. The summed E-state index contributed by atoms with van der Waals surface area (Å²) in [6, 6.07) is -0.458. The fourth-order valence-electron chi connectivity index (χ4n) is 1.51. The summed E-state index contributed by atoms with van der Waals surface area (Å²) >= 11 is 0. The molecule has 0 aromatic heterocycles. The van der Waals surface area contributed by atoms with Gasteiger partial charge in [0.1, 0.15) is 6.04 Å². The average molecular weight is 159 g/mol. The van der Waals surface area contributed by atoms with E-state index in [0.717, 1.165) is 13.0 Å². The molecule has 4 nitrogen and oxygen atoms in total. The monoisotopic (exact) mass is 159 g/mol. The summed E-state index contributed by atoms with van der Waals surface area (Å²) in [4.78, 5) is 12.5. The zero-order chi connectivity index (χ0) is 8.43. The van der Waals surface area contributed by atoms with Gasteiger partial charge in [0, 0.05) is 13.7 Å². The number of methoxy groups -OCH3 is 1. The summed E-state index contributed by atoms with van der Waals surface area (Å²) in [5, 5.41) is 8.76. The minimum absolute atomic E-state index is 0.141. The van der Waals surface area contributed by atoms with E-state index in [1.54, 1.807) is 19.1 Å². The molecule has 1 rings (SSSR count). The van der Waals surface area contributed by atoms with Crippen molar-refractivity contribution in [3.8, 4) is 0 Å². The first kappa shape index (κ1) is 8.49. The minimum atomic E-state index is -0.795. The van der Waals surface area contributed by atoms with Gasteiger partial charge < -0.3 is 9.84 Å². The summed E-state index contributed by atoms with van der Waals surface area (Å²) < 4.78 is 5.03. The van der Waals surface area contributed by atoms with E-state index in [9.17, 15) is 4.79 Å². The van der Waals surface area contributed by atoms with Crippen molar-refractivity contribution in [2.24, 2.45) is 0 Å². The van der Waals surface area contributed by atoms with Crippen molar-refractivity contribution in [3.63, 3.8) is 0 Å². The Morgan fingerprint density at radius 3 is 2.73 bits per heavy atom. The van der Waals surface area contributed by atoms with Crippen molar-refractivity contribution >= 4 is 5.97 Å². The highest BCUT2D eigenvalue weighted by molar-refractivity contribution is 5.74. The Balaban J connectivity index is 2.63. The number of aliphatic carboxylic acids is 1. The summed E-state index contributed by atoms with van der Waals surface area (Å²) in [5.41, 5.74) is 0. The Kier molecular flexibility index (Phi) is 2.46. The zero-order valence-electron chi connectivity index (χ0n) is 6.78. The highest BCUT2D eigenvalue weighted by atomic mass is 16.5. The van der Waals surface area contributed by atoms with Crippen molar-refractivity contribution < 1.29 is 14.6 Å². The van der Waals surface area contributed by atoms with Crippen LogP contribution in [0.2, 0.25) is 0 Å². The van der Waals surface area contributed by atoms with Crippen molar-refractivity contribution in [3.05, 3.63) is 0 Å². The summed E-state index contributed by atoms with van der Waals surface area (Å²) in [6.45, 7) is 0.801. The number of rotatable bonds is 2. The first-order valence-electron chi connectivity index (χ1n) is 3.62. The molecule has 0 aromatic carbocycles. The number of hydrogen-bond donors (Lipinski definition) is 1. The van der Waals surface area contributed by atoms with E-state index in [-0.39, 0.29) is 6.10 Å². The lowest BCUT2D eigenvalue weighted by atomic mass is 10.2. The Labute approximate surface area is 65.8 Å². The van der Waals surface area contributed by atoms with Crippen LogP contribution < -0.4 is 0 Å². The molecule has 11 heavy (non-hydrogen) atoms. The van der Waals surface area contributed by atoms with Gasteiger partial charge in [-0.15, -0.1) is 0 Å². The third-order valence-corrected chi connectivity index (χ3v) is 2.15. The number of likely N-dealkylation sites (N-methyl/N-ethyl adjacent to an activating group) is 1. The predicted octanol–water partition coefficient (Wildman–Crippen LogP) is -0.210. The Hall–Kier alpha value is -0.610. The zero-order valence-corrected chi connectivity index (χ0v) is 6.78. The highest BCUT2D eigenvalue weighted by Gasteiger charge is 2.37. The molecule has 1 saturated heterocycles. The third kappa shape index (κ3) is 1.52. The number of ether oxygens (including phenoxy) is 1. The van der Waals surface area contributed by atoms with Crippen LogP contribution in [0.15, 0.2) is 0 Å². The van der Waals surface area contributed by atoms with Gasteiger partial charge in [-0.1, -0.05) is 0 Å². The largest absolute Gasteiger partial charge is 0.480 e. The van der Waals surface area contributed by atoms with Crippen LogP contribution in [0, 0.1) is 0 Å². The number of hydrogen-bond acceptors (Lipinski definition) is 3. The number of nitrogens with zero attached hydrogens (tertiary/aromatic N) is 1. The summed E-state index contributed by atoms with van der Waals surface area (Å²) in [5.74, 6) is -0.795. The van der Waals surface area contributed by atoms with E-state index in [2.05, 4.69) is 0 Å². The van der Waals surface area contributed by atoms with E-state index in [0.29, 0.717) is 0 Å². The molecule has 0 spiro atoms. The fraction of sp³-hybridized carbons (Fsp3) is 0.857. The minimum Gasteiger partial charge on any atom is -0.480 e. The molecule has 64 valence electrons. The second kappa shape index (κ2) is 3.19. The van der Waals surface area contributed by atoms with Crippen LogP contribution in [-0.4, -0.2) is 48.8 Å². The standard InChI is InChI=1S/C7H13NO3/c1-8-4-3-5(11-2)6(8)7(9)10/h5-6H,3-4H2,1-2H3,(H,9,10)/t5-,6-/m0/s1. The number of likely N-dealkylation sites (tertiary alicyclic amines) is 1. The van der Waals surface area contributed by atoms with Gasteiger partial charge in [0.25, 0.3) is 0 Å². The van der Waals surface area contributed by atoms with E-state index >= 15 is 0 Å². The van der Waals surface area contributed by atoms with Gasteiger partial charge in [0.2, 0.25) is 0 Å². The van der Waals surface area contributed by atoms with Gasteiger partial charge in [-0.25, -0.2) is 0 Å². The molecule has 1 aliphatic rings. The van der Waals surface area contributed by atoms with E-state index in [1.807, 2.05) is 0 Å². The second-order valence-corrected chi connectivity index (χ2v) is 2.83. The van der Waals surface area contributed by atoms with Gasteiger partial charge in [-0.05, 0) is 13.5 Å². The molecule has 0 aliphatic carbocycles. The van der Waals surface area contributed by atoms with Gasteiger partial charge >= 0.3 is 5.97 Å². The second-order valence-electron chi connectivity index (χ2n) is 2.83. The number of carboxylic acids is 1. The topological polar surface area (TPSA) is 49.8 Å². The van der Waals surface area contributed by atoms with Crippen LogP contribution in [0.4, 0.5) is 0 Å². The van der Waals surface area contributed by atoms with Gasteiger partial charge in [-0.2, -0.15) is 0 Å². The average Bonchev–Trinajstić information content (AvgIpc) is 2.30. The fourth-order valence-corrected chi connectivity index (χ4v) is 1.51. The maximum atomic E-state index is 10.7. The first-order valence-corrected chi connectivity index (χ1v) is 3.62. The lowest BCUT2D eigenvalue weighted by molar-refractivity contribution is -0.145. The van der Waals surface area contributed by atoms with Crippen LogP contribution in [0.1, 0.15) is 6.42 Å². The molecule has 1 heterocycles. The maximum Gasteiger partial charge on any atom is 0.323 e. The molecule has 4 heteroatoms. The van der Waals surface area contributed by atoms with E-state index in [4.69, 9.17) is 9.84 Å². The smallest absolute Gasteiger partial charge is 0.323 e. The summed E-state index contributed by atoms with van der Waals surface area (Å²) in [7, 11) is 3.36. The van der Waals surface area contributed by atoms with Gasteiger partial charge in [0.15, 0.2) is 0 Å². The molecule has 0 saturated carbocycles. The van der Waals surface area contributed by atoms with Crippen LogP contribution in [0.3, 0.4) is 0 Å². The van der Waals surface area contributed by atoms with Gasteiger partial charge in [-0.3, -0.25) is 9.69 Å². The quantitative estimate of drug-likeness (QED) is 0.605. The molecule has 0 unspecified atom stereocenters. The normalized spacial score (nSPS) is 32.5. The Morgan fingerprint density at radius 2 is 2.36 bits per heavy atom. The lowest BCUT2D eigenvalue weighted by Gasteiger charge is -2.18. The maximum absolute atomic E-state index is 10.7. The van der Waals surface area contributed by atoms with E-state index < -0.39 is 12.0 Å². The molecule has 1 N–H and O–H groups in total. The molecule has 1 aliphatic heterocycles. The van der Waals surface area contributed by atoms with Crippen LogP contribution in [0.5, 0.6) is 0 Å². The van der Waals surface area contributed by atoms with Crippen molar-refractivity contribution in [2.45, 2.75) is 18.6 Å². The molecule has 0 bridgehead atoms. The van der Waals surface area contributed by atoms with Crippen LogP contribution >= 0.6 is 0 Å². The van der Waals surface area contributed by atoms with Crippen LogP contribution in [-0.2, 0) is 9.53 Å².